The minimum absolute atomic E-state index is 0.200. The summed E-state index contributed by atoms with van der Waals surface area (Å²) in [6.07, 6.45) is -3.75. The summed E-state index contributed by atoms with van der Waals surface area (Å²) in [6, 6.07) is 14.6. The lowest BCUT2D eigenvalue weighted by Crippen LogP contribution is -2.56. The van der Waals surface area contributed by atoms with E-state index < -0.39 is 35.7 Å². The number of ether oxygens (including phenoxy) is 3. The quantitative estimate of drug-likeness (QED) is 0.495. The first kappa shape index (κ1) is 27.0. The van der Waals surface area contributed by atoms with Gasteiger partial charge in [-0.15, -0.1) is 0 Å². The number of aliphatic hydroxyl groups excluding tert-OH is 1. The molecule has 9 heteroatoms. The van der Waals surface area contributed by atoms with E-state index in [0.717, 1.165) is 5.56 Å². The summed E-state index contributed by atoms with van der Waals surface area (Å²) in [5.74, 6) is -5.56. The van der Waals surface area contributed by atoms with Crippen LogP contribution < -0.4 is 10.1 Å². The maximum absolute atomic E-state index is 14.5. The highest BCUT2D eigenvalue weighted by molar-refractivity contribution is 5.78. The molecule has 2 aromatic rings. The molecule has 34 heavy (non-hydrogen) atoms. The molecule has 0 fully saturated rings. The topological polar surface area (TPSA) is 94.1 Å². The van der Waals surface area contributed by atoms with Crippen LogP contribution in [0.2, 0.25) is 0 Å². The fourth-order valence-electron chi connectivity index (χ4n) is 3.02. The van der Waals surface area contributed by atoms with E-state index in [2.05, 4.69) is 10.1 Å². The lowest BCUT2D eigenvalue weighted by Gasteiger charge is -2.30. The van der Waals surface area contributed by atoms with Crippen molar-refractivity contribution < 1.29 is 37.7 Å². The van der Waals surface area contributed by atoms with Gasteiger partial charge in [0, 0.05) is 0 Å². The molecule has 2 N–H and O–H groups in total. The monoisotopic (exact) mass is 479 g/mol. The molecule has 2 atom stereocenters. The molecule has 2 unspecified atom stereocenters. The Morgan fingerprint density at radius 3 is 2.18 bits per heavy atom. The maximum atomic E-state index is 14.5. The fraction of sp³-hybridized carbons (Fsp3) is 0.440. The molecule has 186 valence electrons. The largest absolute Gasteiger partial charge is 0.489 e. The first-order valence-electron chi connectivity index (χ1n) is 10.9. The second-order valence-electron chi connectivity index (χ2n) is 8.66. The number of hydrogen-bond acceptors (Lipinski definition) is 6. The van der Waals surface area contributed by atoms with Crippen molar-refractivity contribution in [1.29, 1.82) is 0 Å². The Bertz CT molecular complexity index is 929. The first-order chi connectivity index (χ1) is 15.9. The number of alkyl halides is 2. The third-order valence-corrected chi connectivity index (χ3v) is 4.63. The molecule has 2 aromatic carbocycles. The van der Waals surface area contributed by atoms with Crippen molar-refractivity contribution in [1.82, 2.24) is 5.32 Å². The number of alkyl carbamates (subject to hydrolysis) is 1. The van der Waals surface area contributed by atoms with Gasteiger partial charge in [-0.3, -0.25) is 0 Å². The molecule has 7 nitrogen and oxygen atoms in total. The third-order valence-electron chi connectivity index (χ3n) is 4.63. The molecule has 0 aliphatic heterocycles. The van der Waals surface area contributed by atoms with E-state index >= 15 is 0 Å². The maximum Gasteiger partial charge on any atom is 0.407 e. The molecule has 0 saturated carbocycles. The minimum Gasteiger partial charge on any atom is -0.489 e. The molecule has 1 amide bonds. The Morgan fingerprint density at radius 1 is 1.00 bits per heavy atom. The second-order valence-corrected chi connectivity index (χ2v) is 8.66. The van der Waals surface area contributed by atoms with Crippen LogP contribution in [0, 0.1) is 0 Å². The van der Waals surface area contributed by atoms with Gasteiger partial charge in [0.25, 0.3) is 0 Å². The number of carbonyl (C=O) groups excluding carboxylic acids is 2. The van der Waals surface area contributed by atoms with Crippen molar-refractivity contribution in [2.75, 3.05) is 6.61 Å². The highest BCUT2D eigenvalue weighted by atomic mass is 19.3. The minimum atomic E-state index is -4.24. The Balaban J connectivity index is 2.14. The molecule has 0 bridgehead atoms. The molecule has 0 saturated heterocycles. The molecular weight excluding hydrogens is 448 g/mol. The average molecular weight is 480 g/mol. The predicted molar refractivity (Wildman–Crippen MR) is 122 cm³/mol. The summed E-state index contributed by atoms with van der Waals surface area (Å²) >= 11 is 0. The van der Waals surface area contributed by atoms with Crippen LogP contribution in [0.4, 0.5) is 13.6 Å². The molecule has 0 spiro atoms. The zero-order valence-electron chi connectivity index (χ0n) is 19.7. The normalized spacial score (nSPS) is 13.5. The van der Waals surface area contributed by atoms with E-state index in [1.165, 1.54) is 6.92 Å². The van der Waals surface area contributed by atoms with Gasteiger partial charge in [-0.1, -0.05) is 42.5 Å². The Kier molecular flexibility index (Phi) is 9.37. The van der Waals surface area contributed by atoms with Gasteiger partial charge in [-0.05, 0) is 57.4 Å². The molecule has 2 rings (SSSR count). The second kappa shape index (κ2) is 11.8. The van der Waals surface area contributed by atoms with Crippen molar-refractivity contribution in [2.24, 2.45) is 0 Å². The average Bonchev–Trinajstić information content (AvgIpc) is 2.77. The third kappa shape index (κ3) is 8.30. The molecule has 0 heterocycles. The van der Waals surface area contributed by atoms with Gasteiger partial charge in [0.2, 0.25) is 0 Å². The number of nitrogens with one attached hydrogen (secondary N) is 1. The van der Waals surface area contributed by atoms with Crippen LogP contribution in [-0.4, -0.2) is 47.4 Å². The van der Waals surface area contributed by atoms with E-state index in [-0.39, 0.29) is 13.0 Å². The molecular formula is C25H31F2NO6. The van der Waals surface area contributed by atoms with Gasteiger partial charge < -0.3 is 24.6 Å². The van der Waals surface area contributed by atoms with E-state index in [0.29, 0.717) is 17.9 Å². The summed E-state index contributed by atoms with van der Waals surface area (Å²) in [5.41, 5.74) is 0.616. The standard InChI is InChI=1S/C25H31F2NO6/c1-5-32-22(30)25(26,27)21(29)20(28-23(31)34-24(2,3)4)15-17-11-13-19(14-12-17)33-16-18-9-7-6-8-10-18/h6-14,20-21,29H,5,15-16H2,1-4H3,(H,28,31). The summed E-state index contributed by atoms with van der Waals surface area (Å²) in [4.78, 5) is 24.0. The fourth-order valence-corrected chi connectivity index (χ4v) is 3.02. The lowest BCUT2D eigenvalue weighted by atomic mass is 9.97. The number of rotatable bonds is 10. The zero-order valence-corrected chi connectivity index (χ0v) is 19.7. The SMILES string of the molecule is CCOC(=O)C(F)(F)C(O)C(Cc1ccc(OCc2ccccc2)cc1)NC(=O)OC(C)(C)C. The van der Waals surface area contributed by atoms with E-state index in [4.69, 9.17) is 9.47 Å². The predicted octanol–water partition coefficient (Wildman–Crippen LogP) is 4.26. The van der Waals surface area contributed by atoms with Gasteiger partial charge >= 0.3 is 18.0 Å². The zero-order chi connectivity index (χ0) is 25.4. The molecule has 0 aliphatic rings. The van der Waals surface area contributed by atoms with Crippen molar-refractivity contribution in [3.05, 3.63) is 65.7 Å². The summed E-state index contributed by atoms with van der Waals surface area (Å²) in [7, 11) is 0. The Morgan fingerprint density at radius 2 is 1.62 bits per heavy atom. The number of aliphatic hydroxyl groups is 1. The summed E-state index contributed by atoms with van der Waals surface area (Å²) in [6.45, 7) is 6.28. The van der Waals surface area contributed by atoms with E-state index in [1.807, 2.05) is 30.3 Å². The Hall–Kier alpha value is -3.20. The molecule has 0 aliphatic carbocycles. The number of benzene rings is 2. The van der Waals surface area contributed by atoms with Crippen LogP contribution in [0.25, 0.3) is 0 Å². The number of esters is 1. The number of amides is 1. The summed E-state index contributed by atoms with van der Waals surface area (Å²) in [5, 5.41) is 12.6. The molecule has 0 aromatic heterocycles. The van der Waals surface area contributed by atoms with Crippen LogP contribution in [-0.2, 0) is 27.3 Å². The molecule has 0 radical (unpaired) electrons. The van der Waals surface area contributed by atoms with E-state index in [9.17, 15) is 23.5 Å². The van der Waals surface area contributed by atoms with Crippen LogP contribution >= 0.6 is 0 Å². The van der Waals surface area contributed by atoms with Crippen LogP contribution in [0.5, 0.6) is 5.75 Å². The van der Waals surface area contributed by atoms with Crippen molar-refractivity contribution in [3.63, 3.8) is 0 Å². The highest BCUT2D eigenvalue weighted by Gasteiger charge is 2.52. The van der Waals surface area contributed by atoms with Crippen molar-refractivity contribution >= 4 is 12.1 Å². The van der Waals surface area contributed by atoms with Gasteiger partial charge in [0.15, 0.2) is 0 Å². The van der Waals surface area contributed by atoms with Crippen LogP contribution in [0.3, 0.4) is 0 Å². The van der Waals surface area contributed by atoms with Gasteiger partial charge in [0.05, 0.1) is 12.6 Å². The van der Waals surface area contributed by atoms with Gasteiger partial charge in [0.1, 0.15) is 24.1 Å². The Labute approximate surface area is 198 Å². The smallest absolute Gasteiger partial charge is 0.407 e. The van der Waals surface area contributed by atoms with Crippen molar-refractivity contribution in [2.45, 2.75) is 64.4 Å². The van der Waals surface area contributed by atoms with Crippen LogP contribution in [0.15, 0.2) is 54.6 Å². The van der Waals surface area contributed by atoms with E-state index in [1.54, 1.807) is 45.0 Å². The lowest BCUT2D eigenvalue weighted by molar-refractivity contribution is -0.191. The van der Waals surface area contributed by atoms with Gasteiger partial charge in [-0.2, -0.15) is 8.78 Å². The number of hydrogen-bond donors (Lipinski definition) is 2. The van der Waals surface area contributed by atoms with Crippen molar-refractivity contribution in [3.8, 4) is 5.75 Å². The first-order valence-corrected chi connectivity index (χ1v) is 10.9. The van der Waals surface area contributed by atoms with Gasteiger partial charge in [-0.25, -0.2) is 9.59 Å². The van der Waals surface area contributed by atoms with Crippen LogP contribution in [0.1, 0.15) is 38.8 Å². The number of carbonyl (C=O) groups is 2. The summed E-state index contributed by atoms with van der Waals surface area (Å²) < 4.78 is 44.3. The number of halogens is 2. The highest BCUT2D eigenvalue weighted by Crippen LogP contribution is 2.26.